The number of aliphatic carboxylic acids is 1. The zero-order valence-corrected chi connectivity index (χ0v) is 11.6. The summed E-state index contributed by atoms with van der Waals surface area (Å²) >= 11 is 0. The second-order valence-corrected chi connectivity index (χ2v) is 6.07. The number of carboxylic acids is 1. The lowest BCUT2D eigenvalue weighted by Crippen LogP contribution is -2.50. The Morgan fingerprint density at radius 3 is 2.65 bits per heavy atom. The van der Waals surface area contributed by atoms with Gasteiger partial charge >= 0.3 is 5.97 Å². The highest BCUT2D eigenvalue weighted by Crippen LogP contribution is 2.49. The van der Waals surface area contributed by atoms with Gasteiger partial charge in [-0.1, -0.05) is 0 Å². The molecule has 1 aromatic rings. The van der Waals surface area contributed by atoms with Gasteiger partial charge in [-0.3, -0.25) is 14.7 Å². The molecule has 0 bridgehead atoms. The maximum atomic E-state index is 12.2. The van der Waals surface area contributed by atoms with E-state index in [9.17, 15) is 9.59 Å². The Labute approximate surface area is 116 Å². The molecule has 6 nitrogen and oxygen atoms in total. The van der Waals surface area contributed by atoms with Crippen LogP contribution in [0.4, 0.5) is 0 Å². The number of H-pyrrole nitrogens is 1. The number of aryl methyl sites for hydroxylation is 1. The van der Waals surface area contributed by atoms with Crippen molar-refractivity contribution in [2.75, 3.05) is 0 Å². The van der Waals surface area contributed by atoms with E-state index in [1.165, 1.54) is 0 Å². The van der Waals surface area contributed by atoms with Crippen molar-refractivity contribution in [3.63, 3.8) is 0 Å². The molecule has 2 aliphatic carbocycles. The topological polar surface area (TPSA) is 95.1 Å². The minimum Gasteiger partial charge on any atom is -0.481 e. The van der Waals surface area contributed by atoms with Crippen LogP contribution >= 0.6 is 0 Å². The summed E-state index contributed by atoms with van der Waals surface area (Å²) in [6.45, 7) is 3.75. The van der Waals surface area contributed by atoms with E-state index >= 15 is 0 Å². The molecule has 6 heteroatoms. The van der Waals surface area contributed by atoms with Crippen molar-refractivity contribution in [3.8, 4) is 0 Å². The molecule has 1 aromatic heterocycles. The third-order valence-electron chi connectivity index (χ3n) is 4.96. The summed E-state index contributed by atoms with van der Waals surface area (Å²) in [7, 11) is 0. The number of amides is 1. The van der Waals surface area contributed by atoms with E-state index in [1.807, 2.05) is 13.8 Å². The van der Waals surface area contributed by atoms with E-state index in [4.69, 9.17) is 5.11 Å². The molecule has 2 saturated carbocycles. The average Bonchev–Trinajstić information content (AvgIpc) is 2.89. The number of hydrogen-bond acceptors (Lipinski definition) is 3. The van der Waals surface area contributed by atoms with Gasteiger partial charge < -0.3 is 10.4 Å². The van der Waals surface area contributed by atoms with E-state index in [-0.39, 0.29) is 17.9 Å². The van der Waals surface area contributed by atoms with E-state index in [0.29, 0.717) is 24.0 Å². The first kappa shape index (κ1) is 13.1. The number of hydrogen-bond donors (Lipinski definition) is 3. The van der Waals surface area contributed by atoms with Crippen LogP contribution in [0.1, 0.15) is 41.0 Å². The number of carboxylic acid groups (broad SMARTS) is 1. The van der Waals surface area contributed by atoms with Gasteiger partial charge in [0.25, 0.3) is 5.91 Å². The van der Waals surface area contributed by atoms with Gasteiger partial charge in [0.2, 0.25) is 0 Å². The Bertz CT molecular complexity index is 566. The zero-order valence-electron chi connectivity index (χ0n) is 11.6. The molecule has 0 aliphatic heterocycles. The highest BCUT2D eigenvalue weighted by molar-refractivity contribution is 5.94. The number of nitrogens with zero attached hydrogens (tertiary/aromatic N) is 1. The van der Waals surface area contributed by atoms with Crippen LogP contribution < -0.4 is 5.32 Å². The predicted molar refractivity (Wildman–Crippen MR) is 71.3 cm³/mol. The van der Waals surface area contributed by atoms with Crippen LogP contribution in [0.15, 0.2) is 0 Å². The third-order valence-corrected chi connectivity index (χ3v) is 4.96. The van der Waals surface area contributed by atoms with Gasteiger partial charge in [-0.05, 0) is 44.9 Å². The van der Waals surface area contributed by atoms with Crippen molar-refractivity contribution in [1.82, 2.24) is 15.5 Å². The average molecular weight is 277 g/mol. The first-order valence-electron chi connectivity index (χ1n) is 7.02. The summed E-state index contributed by atoms with van der Waals surface area (Å²) < 4.78 is 0. The molecule has 0 spiro atoms. The molecule has 1 heterocycles. The molecular formula is C14H19N3O3. The van der Waals surface area contributed by atoms with Crippen molar-refractivity contribution in [2.45, 2.75) is 39.2 Å². The van der Waals surface area contributed by atoms with Crippen molar-refractivity contribution in [2.24, 2.45) is 17.8 Å². The molecule has 0 saturated heterocycles. The van der Waals surface area contributed by atoms with Crippen LogP contribution in [-0.4, -0.2) is 33.2 Å². The molecule has 0 aromatic carbocycles. The Morgan fingerprint density at radius 2 is 2.05 bits per heavy atom. The first-order valence-corrected chi connectivity index (χ1v) is 7.02. The summed E-state index contributed by atoms with van der Waals surface area (Å²) in [6, 6.07) is 0.105. The molecule has 1 amide bonds. The van der Waals surface area contributed by atoms with Crippen LogP contribution in [0.25, 0.3) is 0 Å². The Balaban J connectivity index is 1.62. The smallest absolute Gasteiger partial charge is 0.306 e. The molecule has 2 aliphatic rings. The molecule has 3 N–H and O–H groups in total. The quantitative estimate of drug-likeness (QED) is 0.775. The summed E-state index contributed by atoms with van der Waals surface area (Å²) in [4.78, 5) is 23.2. The lowest BCUT2D eigenvalue weighted by atomic mass is 9.71. The number of carbonyl (C=O) groups is 2. The number of nitrogens with one attached hydrogen (secondary N) is 2. The monoisotopic (exact) mass is 277 g/mol. The minimum atomic E-state index is -0.705. The Kier molecular flexibility index (Phi) is 3.03. The molecule has 1 unspecified atom stereocenters. The molecule has 20 heavy (non-hydrogen) atoms. The van der Waals surface area contributed by atoms with Crippen LogP contribution in [0, 0.1) is 31.6 Å². The van der Waals surface area contributed by atoms with Crippen molar-refractivity contribution in [1.29, 1.82) is 0 Å². The van der Waals surface area contributed by atoms with Gasteiger partial charge in [0.15, 0.2) is 5.69 Å². The number of aromatic nitrogens is 2. The fourth-order valence-corrected chi connectivity index (χ4v) is 3.54. The molecule has 4 atom stereocenters. The lowest BCUT2D eigenvalue weighted by Gasteiger charge is -2.40. The highest BCUT2D eigenvalue weighted by Gasteiger charge is 2.50. The maximum absolute atomic E-state index is 12.2. The Morgan fingerprint density at radius 1 is 1.30 bits per heavy atom. The predicted octanol–water partition coefficient (Wildman–Crippen LogP) is 1.26. The van der Waals surface area contributed by atoms with Crippen LogP contribution in [0.3, 0.4) is 0 Å². The molecule has 2 fully saturated rings. The molecule has 0 radical (unpaired) electrons. The lowest BCUT2D eigenvalue weighted by molar-refractivity contribution is -0.141. The maximum Gasteiger partial charge on any atom is 0.306 e. The number of rotatable bonds is 3. The SMILES string of the molecule is Cc1[nH]nc(C(=O)N[C@@H]2C[C@@H]3CC(C(=O)O)C[C@@H]32)c1C. The normalized spacial score (nSPS) is 31.5. The van der Waals surface area contributed by atoms with Crippen molar-refractivity contribution in [3.05, 3.63) is 17.0 Å². The molecular weight excluding hydrogens is 258 g/mol. The minimum absolute atomic E-state index is 0.105. The van der Waals surface area contributed by atoms with Gasteiger partial charge in [0.05, 0.1) is 5.92 Å². The standard InChI is InChI=1S/C14H19N3O3/c1-6-7(2)16-17-12(6)13(18)15-11-5-8-3-9(14(19)20)4-10(8)11/h8-11H,3-5H2,1-2H3,(H,15,18)(H,16,17)(H,19,20)/t8-,9?,10-,11+/m0/s1. The summed E-state index contributed by atoms with van der Waals surface area (Å²) in [5.74, 6) is -0.317. The van der Waals surface area contributed by atoms with Gasteiger partial charge in [0, 0.05) is 17.3 Å². The van der Waals surface area contributed by atoms with Gasteiger partial charge in [-0.15, -0.1) is 0 Å². The Hall–Kier alpha value is -1.85. The van der Waals surface area contributed by atoms with Crippen molar-refractivity contribution >= 4 is 11.9 Å². The second-order valence-electron chi connectivity index (χ2n) is 6.07. The van der Waals surface area contributed by atoms with E-state index in [1.54, 1.807) is 0 Å². The fourth-order valence-electron chi connectivity index (χ4n) is 3.54. The first-order chi connectivity index (χ1) is 9.47. The van der Waals surface area contributed by atoms with Gasteiger partial charge in [-0.2, -0.15) is 5.10 Å². The number of fused-ring (bicyclic) bond motifs is 1. The van der Waals surface area contributed by atoms with Gasteiger partial charge in [-0.25, -0.2) is 0 Å². The molecule has 3 rings (SSSR count). The van der Waals surface area contributed by atoms with Crippen LogP contribution in [0.2, 0.25) is 0 Å². The van der Waals surface area contributed by atoms with E-state index in [2.05, 4.69) is 15.5 Å². The third kappa shape index (κ3) is 1.99. The molecule has 108 valence electrons. The van der Waals surface area contributed by atoms with E-state index in [0.717, 1.165) is 24.1 Å². The fraction of sp³-hybridized carbons (Fsp3) is 0.643. The van der Waals surface area contributed by atoms with Crippen LogP contribution in [-0.2, 0) is 4.79 Å². The summed E-state index contributed by atoms with van der Waals surface area (Å²) in [6.07, 6.45) is 2.33. The number of aromatic amines is 1. The zero-order chi connectivity index (χ0) is 14.4. The van der Waals surface area contributed by atoms with Crippen molar-refractivity contribution < 1.29 is 14.7 Å². The number of carbonyl (C=O) groups excluding carboxylic acids is 1. The summed E-state index contributed by atoms with van der Waals surface area (Å²) in [5.41, 5.74) is 2.21. The summed E-state index contributed by atoms with van der Waals surface area (Å²) in [5, 5.41) is 18.9. The largest absolute Gasteiger partial charge is 0.481 e. The highest BCUT2D eigenvalue weighted by atomic mass is 16.4. The van der Waals surface area contributed by atoms with Crippen LogP contribution in [0.5, 0.6) is 0 Å². The van der Waals surface area contributed by atoms with Gasteiger partial charge in [0.1, 0.15) is 0 Å². The van der Waals surface area contributed by atoms with E-state index < -0.39 is 5.97 Å². The second kappa shape index (κ2) is 4.61.